The van der Waals surface area contributed by atoms with Crippen molar-refractivity contribution in [3.05, 3.63) is 68.9 Å². The number of carbonyl (C=O) groups is 3. The number of nitrogens with zero attached hydrogens (tertiary/aromatic N) is 1. The van der Waals surface area contributed by atoms with Gasteiger partial charge in [-0.1, -0.05) is 54.3 Å². The largest absolute Gasteiger partial charge is 0.368 e. The standard InChI is InChI=1S/C28H33N3O3S/c1-18-12-13-23(35-18)27(34)31-16-7-11-20-21(14-17-31)28(20)15-6-5-10-22(28)26(33)30-24(25(29)32)19-8-3-2-4-9-19/h2-4,8-9,12-13,22,24H,5-7,10-11,14-17H2,1H3,(H2,29,32)(H,30,33)/t22-,24?,28?/m0/s1. The number of hydrogen-bond acceptors (Lipinski definition) is 4. The van der Waals surface area contributed by atoms with Gasteiger partial charge in [0.15, 0.2) is 0 Å². The molecular formula is C28H33N3O3S. The topological polar surface area (TPSA) is 92.5 Å². The monoisotopic (exact) mass is 491 g/mol. The van der Waals surface area contributed by atoms with E-state index in [1.54, 1.807) is 11.3 Å². The van der Waals surface area contributed by atoms with Crippen LogP contribution in [0.2, 0.25) is 0 Å². The summed E-state index contributed by atoms with van der Waals surface area (Å²) >= 11 is 1.55. The number of benzene rings is 1. The Morgan fingerprint density at radius 1 is 1.03 bits per heavy atom. The van der Waals surface area contributed by atoms with Crippen molar-refractivity contribution in [1.82, 2.24) is 10.2 Å². The van der Waals surface area contributed by atoms with E-state index in [1.165, 1.54) is 11.1 Å². The minimum absolute atomic E-state index is 0.0777. The van der Waals surface area contributed by atoms with Gasteiger partial charge in [0.1, 0.15) is 6.04 Å². The van der Waals surface area contributed by atoms with Gasteiger partial charge in [0.25, 0.3) is 5.91 Å². The number of allylic oxidation sites excluding steroid dienone is 1. The predicted octanol–water partition coefficient (Wildman–Crippen LogP) is 4.51. The number of nitrogens with two attached hydrogens (primary N) is 1. The molecule has 3 aliphatic rings. The minimum Gasteiger partial charge on any atom is -0.368 e. The number of fused-ring (bicyclic) bond motifs is 2. The number of carbonyl (C=O) groups excluding carboxylic acids is 3. The molecule has 0 radical (unpaired) electrons. The van der Waals surface area contributed by atoms with Crippen LogP contribution in [0.15, 0.2) is 53.6 Å². The van der Waals surface area contributed by atoms with Gasteiger partial charge in [-0.2, -0.15) is 0 Å². The van der Waals surface area contributed by atoms with Gasteiger partial charge in [-0.25, -0.2) is 0 Å². The van der Waals surface area contributed by atoms with Crippen LogP contribution in [-0.2, 0) is 9.59 Å². The number of nitrogens with one attached hydrogen (secondary N) is 1. The quantitative estimate of drug-likeness (QED) is 0.603. The molecule has 1 saturated carbocycles. The van der Waals surface area contributed by atoms with Gasteiger partial charge >= 0.3 is 0 Å². The summed E-state index contributed by atoms with van der Waals surface area (Å²) in [6.45, 7) is 3.46. The molecule has 2 aromatic rings. The number of hydrogen-bond donors (Lipinski definition) is 2. The lowest BCUT2D eigenvalue weighted by Crippen LogP contribution is -2.44. The van der Waals surface area contributed by atoms with Crippen LogP contribution in [0.4, 0.5) is 0 Å². The van der Waals surface area contributed by atoms with E-state index in [1.807, 2.05) is 54.3 Å². The van der Waals surface area contributed by atoms with Gasteiger partial charge in [0.2, 0.25) is 11.8 Å². The lowest BCUT2D eigenvalue weighted by atomic mass is 9.70. The first-order valence-corrected chi connectivity index (χ1v) is 13.5. The summed E-state index contributed by atoms with van der Waals surface area (Å²) in [5.41, 5.74) is 9.04. The van der Waals surface area contributed by atoms with Crippen molar-refractivity contribution < 1.29 is 14.4 Å². The SMILES string of the molecule is Cc1ccc(C(=O)N2CCCC3=C(CC2)C32CCCC[C@H]2C(=O)NC(C(N)=O)c2ccccc2)s1. The second-order valence-electron chi connectivity index (χ2n) is 10.0. The number of primary amides is 1. The van der Waals surface area contributed by atoms with Crippen molar-refractivity contribution in [3.63, 3.8) is 0 Å². The van der Waals surface area contributed by atoms with Gasteiger partial charge in [-0.15, -0.1) is 11.3 Å². The molecule has 5 rings (SSSR count). The van der Waals surface area contributed by atoms with E-state index in [-0.39, 0.29) is 23.1 Å². The first kappa shape index (κ1) is 23.8. The fraction of sp³-hybridized carbons (Fsp3) is 0.464. The van der Waals surface area contributed by atoms with Crippen LogP contribution in [0.1, 0.15) is 71.1 Å². The third-order valence-corrected chi connectivity index (χ3v) is 9.02. The van der Waals surface area contributed by atoms with Crippen molar-refractivity contribution in [3.8, 4) is 0 Å². The van der Waals surface area contributed by atoms with Gasteiger partial charge < -0.3 is 16.0 Å². The van der Waals surface area contributed by atoms with E-state index in [0.717, 1.165) is 61.2 Å². The van der Waals surface area contributed by atoms with Crippen LogP contribution in [0.5, 0.6) is 0 Å². The van der Waals surface area contributed by atoms with Gasteiger partial charge in [0, 0.05) is 23.4 Å². The van der Waals surface area contributed by atoms with Crippen molar-refractivity contribution in [2.75, 3.05) is 13.1 Å². The summed E-state index contributed by atoms with van der Waals surface area (Å²) in [4.78, 5) is 42.8. The number of aryl methyl sites for hydroxylation is 1. The van der Waals surface area contributed by atoms with Crippen molar-refractivity contribution in [1.29, 1.82) is 0 Å². The minimum atomic E-state index is -0.827. The maximum atomic E-state index is 13.6. The average Bonchev–Trinajstić information content (AvgIpc) is 3.17. The third kappa shape index (κ3) is 4.42. The maximum Gasteiger partial charge on any atom is 0.263 e. The van der Waals surface area contributed by atoms with E-state index in [2.05, 4.69) is 5.32 Å². The highest BCUT2D eigenvalue weighted by atomic mass is 32.1. The van der Waals surface area contributed by atoms with Crippen molar-refractivity contribution >= 4 is 29.1 Å². The molecule has 3 atom stereocenters. The number of amides is 3. The Balaban J connectivity index is 1.31. The summed E-state index contributed by atoms with van der Waals surface area (Å²) in [6.07, 6.45) is 6.59. The highest BCUT2D eigenvalue weighted by molar-refractivity contribution is 7.13. The predicted molar refractivity (Wildman–Crippen MR) is 137 cm³/mol. The number of rotatable bonds is 5. The molecule has 2 aliphatic carbocycles. The molecule has 3 N–H and O–H groups in total. The lowest BCUT2D eigenvalue weighted by molar-refractivity contribution is -0.132. The summed E-state index contributed by atoms with van der Waals surface area (Å²) in [5.74, 6) is -0.679. The van der Waals surface area contributed by atoms with E-state index in [9.17, 15) is 14.4 Å². The summed E-state index contributed by atoms with van der Waals surface area (Å²) in [5, 5.41) is 2.99. The second kappa shape index (κ2) is 9.61. The molecule has 184 valence electrons. The number of thiophene rings is 1. The van der Waals surface area contributed by atoms with Crippen LogP contribution in [0.25, 0.3) is 0 Å². The molecule has 2 heterocycles. The molecular weight excluding hydrogens is 458 g/mol. The van der Waals surface area contributed by atoms with E-state index < -0.39 is 11.9 Å². The Hall–Kier alpha value is -2.93. The molecule has 1 aromatic heterocycles. The highest BCUT2D eigenvalue weighted by Crippen LogP contribution is 2.67. The Labute approximate surface area is 210 Å². The lowest BCUT2D eigenvalue weighted by Gasteiger charge is -2.35. The Bertz CT molecular complexity index is 1170. The smallest absolute Gasteiger partial charge is 0.263 e. The normalized spacial score (nSPS) is 24.8. The molecule has 0 bridgehead atoms. The molecule has 7 heteroatoms. The molecule has 0 saturated heterocycles. The van der Waals surface area contributed by atoms with E-state index >= 15 is 0 Å². The molecule has 1 aromatic carbocycles. The Morgan fingerprint density at radius 3 is 2.51 bits per heavy atom. The zero-order chi connectivity index (χ0) is 24.6. The molecule has 1 spiro atoms. The molecule has 6 nitrogen and oxygen atoms in total. The molecule has 2 unspecified atom stereocenters. The fourth-order valence-electron chi connectivity index (χ4n) is 6.38. The first-order chi connectivity index (χ1) is 16.9. The second-order valence-corrected chi connectivity index (χ2v) is 11.3. The van der Waals surface area contributed by atoms with Gasteiger partial charge in [-0.05, 0) is 56.7 Å². The Morgan fingerprint density at radius 2 is 1.80 bits per heavy atom. The van der Waals surface area contributed by atoms with Crippen LogP contribution in [0, 0.1) is 18.3 Å². The summed E-state index contributed by atoms with van der Waals surface area (Å²) in [7, 11) is 0. The summed E-state index contributed by atoms with van der Waals surface area (Å²) in [6, 6.07) is 12.3. The van der Waals surface area contributed by atoms with Crippen LogP contribution >= 0.6 is 11.3 Å². The fourth-order valence-corrected chi connectivity index (χ4v) is 7.21. The van der Waals surface area contributed by atoms with Gasteiger partial charge in [-0.3, -0.25) is 14.4 Å². The van der Waals surface area contributed by atoms with Crippen LogP contribution in [-0.4, -0.2) is 35.7 Å². The van der Waals surface area contributed by atoms with Crippen LogP contribution in [0.3, 0.4) is 0 Å². The first-order valence-electron chi connectivity index (χ1n) is 12.6. The molecule has 1 aliphatic heterocycles. The van der Waals surface area contributed by atoms with Crippen molar-refractivity contribution in [2.24, 2.45) is 17.1 Å². The van der Waals surface area contributed by atoms with Crippen LogP contribution < -0.4 is 11.1 Å². The average molecular weight is 492 g/mol. The molecule has 3 amide bonds. The maximum absolute atomic E-state index is 13.6. The molecule has 1 fully saturated rings. The van der Waals surface area contributed by atoms with Crippen molar-refractivity contribution in [2.45, 2.75) is 57.9 Å². The van der Waals surface area contributed by atoms with E-state index in [0.29, 0.717) is 12.1 Å². The highest BCUT2D eigenvalue weighted by Gasteiger charge is 2.59. The molecule has 35 heavy (non-hydrogen) atoms. The summed E-state index contributed by atoms with van der Waals surface area (Å²) < 4.78 is 0. The third-order valence-electron chi connectivity index (χ3n) is 8.03. The zero-order valence-electron chi connectivity index (χ0n) is 20.2. The zero-order valence-corrected chi connectivity index (χ0v) is 21.0. The van der Waals surface area contributed by atoms with Gasteiger partial charge in [0.05, 0.1) is 10.8 Å². The Kier molecular flexibility index (Phi) is 6.53. The van der Waals surface area contributed by atoms with E-state index in [4.69, 9.17) is 5.73 Å².